The Morgan fingerprint density at radius 3 is 1.94 bits per heavy atom. The molecule has 0 spiro atoms. The zero-order valence-corrected chi connectivity index (χ0v) is 9.63. The molecule has 0 unspecified atom stereocenters. The van der Waals surface area contributed by atoms with E-state index in [1.54, 1.807) is 0 Å². The Hall–Kier alpha value is -1.63. The Morgan fingerprint density at radius 1 is 1.29 bits per heavy atom. The third-order valence-corrected chi connectivity index (χ3v) is 2.15. The second-order valence-electron chi connectivity index (χ2n) is 3.69. The number of rotatable bonds is 4. The number of carbonyl (C=O) groups is 1. The Morgan fingerprint density at radius 2 is 1.76 bits per heavy atom. The Bertz CT molecular complexity index is 326. The molecular formula is C11H18N2O4. The molecule has 0 fully saturated rings. The molecule has 96 valence electrons. The van der Waals surface area contributed by atoms with Gasteiger partial charge in [0.25, 0.3) is 0 Å². The normalized spacial score (nSPS) is 10.1. The summed E-state index contributed by atoms with van der Waals surface area (Å²) in [5.74, 6) is 3.91. The molecule has 0 aromatic heterocycles. The van der Waals surface area contributed by atoms with Gasteiger partial charge in [-0.15, -0.1) is 0 Å². The highest BCUT2D eigenvalue weighted by Crippen LogP contribution is 2.12. The quantitative estimate of drug-likeness (QED) is 0.376. The fourth-order valence-corrected chi connectivity index (χ4v) is 0.720. The van der Waals surface area contributed by atoms with E-state index in [-0.39, 0.29) is 0 Å². The number of carboxylic acids is 1. The molecule has 1 aromatic rings. The zero-order valence-electron chi connectivity index (χ0n) is 9.63. The highest BCUT2D eigenvalue weighted by Gasteiger charge is 2.31. The number of hydrazine groups is 1. The van der Waals surface area contributed by atoms with E-state index in [1.807, 2.05) is 30.3 Å². The van der Waals surface area contributed by atoms with Crippen LogP contribution in [-0.4, -0.2) is 34.5 Å². The number of hydrogen-bond acceptors (Lipinski definition) is 5. The number of nitrogens with one attached hydrogen (secondary N) is 1. The predicted molar refractivity (Wildman–Crippen MR) is 64.2 cm³/mol. The average Bonchev–Trinajstić information content (AvgIpc) is 2.39. The van der Waals surface area contributed by atoms with Crippen molar-refractivity contribution in [2.45, 2.75) is 6.92 Å². The molecule has 0 heterocycles. The van der Waals surface area contributed by atoms with E-state index < -0.39 is 24.6 Å². The average molecular weight is 242 g/mol. The Balaban J connectivity index is 0.000000302. The van der Waals surface area contributed by atoms with Crippen molar-refractivity contribution in [1.82, 2.24) is 0 Å². The minimum Gasteiger partial charge on any atom is -0.481 e. The summed E-state index contributed by atoms with van der Waals surface area (Å²) in [6, 6.07) is 9.60. The van der Waals surface area contributed by atoms with Crippen molar-refractivity contribution < 1.29 is 20.1 Å². The van der Waals surface area contributed by atoms with Gasteiger partial charge in [0.15, 0.2) is 0 Å². The van der Waals surface area contributed by atoms with Crippen LogP contribution in [0.1, 0.15) is 6.92 Å². The first-order valence-corrected chi connectivity index (χ1v) is 4.97. The molecule has 0 saturated carbocycles. The number of anilines is 1. The van der Waals surface area contributed by atoms with Crippen molar-refractivity contribution in [3.63, 3.8) is 0 Å². The lowest BCUT2D eigenvalue weighted by Crippen LogP contribution is -2.35. The number of hydrogen-bond donors (Lipinski definition) is 5. The molecule has 0 aliphatic heterocycles. The molecule has 1 rings (SSSR count). The molecule has 6 nitrogen and oxygen atoms in total. The van der Waals surface area contributed by atoms with Gasteiger partial charge in [0.05, 0.1) is 13.2 Å². The van der Waals surface area contributed by atoms with Crippen molar-refractivity contribution in [1.29, 1.82) is 0 Å². The first kappa shape index (κ1) is 15.4. The van der Waals surface area contributed by atoms with Crippen LogP contribution in [0.3, 0.4) is 0 Å². The Labute approximate surface area is 99.7 Å². The summed E-state index contributed by atoms with van der Waals surface area (Å²) in [5, 5.41) is 25.1. The van der Waals surface area contributed by atoms with Crippen molar-refractivity contribution in [3.05, 3.63) is 30.3 Å². The van der Waals surface area contributed by atoms with Gasteiger partial charge in [-0.25, -0.2) is 0 Å². The predicted octanol–water partition coefficient (Wildman–Crippen LogP) is 0.0341. The Kier molecular flexibility index (Phi) is 6.88. The van der Waals surface area contributed by atoms with Crippen molar-refractivity contribution >= 4 is 11.7 Å². The standard InChI is InChI=1S/C6H8N2.C5H10O4/c7-8-6-4-2-1-3-5-6;1-5(2-6,3-7)4(8)9/h1-5,8H,7H2;6-7H,2-3H2,1H3,(H,8,9). The fourth-order valence-electron chi connectivity index (χ4n) is 0.720. The summed E-state index contributed by atoms with van der Waals surface area (Å²) in [6.07, 6.45) is 0. The SMILES string of the molecule is CC(CO)(CO)C(=O)O.NNc1ccccc1. The largest absolute Gasteiger partial charge is 0.481 e. The maximum Gasteiger partial charge on any atom is 0.314 e. The number of carboxylic acid groups (broad SMARTS) is 1. The van der Waals surface area contributed by atoms with Crippen LogP contribution in [-0.2, 0) is 4.79 Å². The number of para-hydroxylation sites is 1. The highest BCUT2D eigenvalue weighted by molar-refractivity contribution is 5.74. The van der Waals surface area contributed by atoms with E-state index in [4.69, 9.17) is 21.2 Å². The van der Waals surface area contributed by atoms with Crippen LogP contribution < -0.4 is 11.3 Å². The van der Waals surface area contributed by atoms with Gasteiger partial charge in [-0.05, 0) is 19.1 Å². The van der Waals surface area contributed by atoms with Crippen LogP contribution in [0.25, 0.3) is 0 Å². The van der Waals surface area contributed by atoms with Crippen molar-refractivity contribution in [2.75, 3.05) is 18.6 Å². The number of aliphatic hydroxyl groups excluding tert-OH is 2. The van der Waals surface area contributed by atoms with Crippen molar-refractivity contribution in [3.8, 4) is 0 Å². The summed E-state index contributed by atoms with van der Waals surface area (Å²) in [7, 11) is 0. The van der Waals surface area contributed by atoms with Gasteiger partial charge in [-0.1, -0.05) is 18.2 Å². The minimum atomic E-state index is -1.39. The molecule has 6 heteroatoms. The van der Waals surface area contributed by atoms with Gasteiger partial charge in [0, 0.05) is 5.69 Å². The van der Waals surface area contributed by atoms with Gasteiger partial charge < -0.3 is 20.7 Å². The smallest absolute Gasteiger partial charge is 0.314 e. The first-order valence-electron chi connectivity index (χ1n) is 4.97. The van der Waals surface area contributed by atoms with E-state index in [2.05, 4.69) is 5.43 Å². The molecule has 17 heavy (non-hydrogen) atoms. The maximum atomic E-state index is 10.2. The molecule has 0 aliphatic carbocycles. The molecule has 0 amide bonds. The van der Waals surface area contributed by atoms with Crippen LogP contribution >= 0.6 is 0 Å². The van der Waals surface area contributed by atoms with E-state index >= 15 is 0 Å². The minimum absolute atomic E-state index is 0.543. The number of aliphatic hydroxyl groups is 2. The molecule has 1 aromatic carbocycles. The molecule has 0 aliphatic rings. The summed E-state index contributed by atoms with van der Waals surface area (Å²) in [6.45, 7) is 0.187. The number of nitrogens with two attached hydrogens (primary N) is 1. The number of nitrogen functional groups attached to an aromatic ring is 1. The maximum absolute atomic E-state index is 10.2. The zero-order chi connectivity index (χ0) is 13.3. The molecular weight excluding hydrogens is 224 g/mol. The van der Waals surface area contributed by atoms with Crippen LogP contribution in [0.4, 0.5) is 5.69 Å². The van der Waals surface area contributed by atoms with Gasteiger partial charge in [-0.2, -0.15) is 0 Å². The highest BCUT2D eigenvalue weighted by atomic mass is 16.4. The van der Waals surface area contributed by atoms with Crippen LogP contribution in [0, 0.1) is 5.41 Å². The van der Waals surface area contributed by atoms with E-state index in [0.29, 0.717) is 0 Å². The van der Waals surface area contributed by atoms with Crippen LogP contribution in [0.15, 0.2) is 30.3 Å². The van der Waals surface area contributed by atoms with Crippen molar-refractivity contribution in [2.24, 2.45) is 11.3 Å². The lowest BCUT2D eigenvalue weighted by Gasteiger charge is -2.17. The lowest BCUT2D eigenvalue weighted by atomic mass is 9.94. The molecule has 0 saturated heterocycles. The van der Waals surface area contributed by atoms with E-state index in [1.165, 1.54) is 6.92 Å². The van der Waals surface area contributed by atoms with Crippen LogP contribution in [0.2, 0.25) is 0 Å². The molecule has 0 atom stereocenters. The molecule has 6 N–H and O–H groups in total. The number of benzene rings is 1. The van der Waals surface area contributed by atoms with Crippen LogP contribution in [0.5, 0.6) is 0 Å². The lowest BCUT2D eigenvalue weighted by molar-refractivity contribution is -0.152. The van der Waals surface area contributed by atoms with E-state index in [0.717, 1.165) is 5.69 Å². The van der Waals surface area contributed by atoms with E-state index in [9.17, 15) is 4.79 Å². The fraction of sp³-hybridized carbons (Fsp3) is 0.364. The summed E-state index contributed by atoms with van der Waals surface area (Å²) in [5.41, 5.74) is 2.08. The summed E-state index contributed by atoms with van der Waals surface area (Å²) >= 11 is 0. The number of aliphatic carboxylic acids is 1. The third kappa shape index (κ3) is 5.30. The molecule has 0 radical (unpaired) electrons. The second kappa shape index (κ2) is 7.61. The first-order chi connectivity index (χ1) is 8.00. The van der Waals surface area contributed by atoms with Gasteiger partial charge in [0.1, 0.15) is 5.41 Å². The topological polar surface area (TPSA) is 116 Å². The van der Waals surface area contributed by atoms with Gasteiger partial charge in [-0.3, -0.25) is 10.6 Å². The second-order valence-corrected chi connectivity index (χ2v) is 3.69. The summed E-state index contributed by atoms with van der Waals surface area (Å²) < 4.78 is 0. The van der Waals surface area contributed by atoms with Gasteiger partial charge >= 0.3 is 5.97 Å². The third-order valence-electron chi connectivity index (χ3n) is 2.15. The van der Waals surface area contributed by atoms with Gasteiger partial charge in [0.2, 0.25) is 0 Å². The monoisotopic (exact) mass is 242 g/mol. The molecule has 0 bridgehead atoms. The summed E-state index contributed by atoms with van der Waals surface area (Å²) in [4.78, 5) is 10.2.